The first-order valence-electron chi connectivity index (χ1n) is 6.85. The number of nitrogens with zero attached hydrogens (tertiary/aromatic N) is 1. The molecule has 19 heavy (non-hydrogen) atoms. The van der Waals surface area contributed by atoms with Crippen LogP contribution in [0.25, 0.3) is 0 Å². The smallest absolute Gasteiger partial charge is 0.170 e. The molecule has 4 N–H and O–H groups in total. The van der Waals surface area contributed by atoms with Gasteiger partial charge in [0.25, 0.3) is 0 Å². The van der Waals surface area contributed by atoms with Crippen LogP contribution in [-0.4, -0.2) is 17.6 Å². The van der Waals surface area contributed by atoms with Crippen molar-refractivity contribution in [1.82, 2.24) is 5.32 Å². The SMILES string of the molecule is CC(C)C1(CNCc2cccc(/C(N)=N/O)c2)CC1. The van der Waals surface area contributed by atoms with Crippen LogP contribution < -0.4 is 11.1 Å². The zero-order valence-corrected chi connectivity index (χ0v) is 11.7. The van der Waals surface area contributed by atoms with Crippen LogP contribution in [0.1, 0.15) is 37.8 Å². The molecule has 0 unspecified atom stereocenters. The van der Waals surface area contributed by atoms with E-state index < -0.39 is 0 Å². The molecular formula is C15H23N3O. The number of nitrogens with one attached hydrogen (secondary N) is 1. The highest BCUT2D eigenvalue weighted by atomic mass is 16.4. The lowest BCUT2D eigenvalue weighted by Gasteiger charge is -2.20. The minimum absolute atomic E-state index is 0.155. The van der Waals surface area contributed by atoms with E-state index in [-0.39, 0.29) is 5.84 Å². The fourth-order valence-electron chi connectivity index (χ4n) is 2.47. The number of amidine groups is 1. The molecule has 0 atom stereocenters. The highest BCUT2D eigenvalue weighted by molar-refractivity contribution is 5.97. The van der Waals surface area contributed by atoms with E-state index in [1.54, 1.807) is 0 Å². The largest absolute Gasteiger partial charge is 0.409 e. The molecule has 0 radical (unpaired) electrons. The second kappa shape index (κ2) is 5.61. The van der Waals surface area contributed by atoms with Crippen LogP contribution in [0.4, 0.5) is 0 Å². The topological polar surface area (TPSA) is 70.6 Å². The minimum Gasteiger partial charge on any atom is -0.409 e. The van der Waals surface area contributed by atoms with E-state index >= 15 is 0 Å². The molecule has 0 aromatic heterocycles. The van der Waals surface area contributed by atoms with Crippen molar-refractivity contribution in [2.45, 2.75) is 33.2 Å². The van der Waals surface area contributed by atoms with Gasteiger partial charge in [-0.3, -0.25) is 0 Å². The normalized spacial score (nSPS) is 17.7. The molecule has 0 bridgehead atoms. The molecule has 0 heterocycles. The summed E-state index contributed by atoms with van der Waals surface area (Å²) in [7, 11) is 0. The van der Waals surface area contributed by atoms with E-state index in [4.69, 9.17) is 10.9 Å². The quantitative estimate of drug-likeness (QED) is 0.318. The zero-order valence-electron chi connectivity index (χ0n) is 11.7. The maximum atomic E-state index is 8.68. The monoisotopic (exact) mass is 261 g/mol. The van der Waals surface area contributed by atoms with Gasteiger partial charge in [0, 0.05) is 18.7 Å². The minimum atomic E-state index is 0.155. The molecule has 104 valence electrons. The van der Waals surface area contributed by atoms with E-state index in [1.807, 2.05) is 18.2 Å². The Morgan fingerprint density at radius 3 is 2.79 bits per heavy atom. The van der Waals surface area contributed by atoms with Gasteiger partial charge < -0.3 is 16.3 Å². The van der Waals surface area contributed by atoms with Crippen LogP contribution in [-0.2, 0) is 6.54 Å². The standard InChI is InChI=1S/C15H23N3O/c1-11(2)15(6-7-15)10-17-9-12-4-3-5-13(8-12)14(16)18-19/h3-5,8,11,17,19H,6-7,9-10H2,1-2H3,(H2,16,18). The van der Waals surface area contributed by atoms with Crippen molar-refractivity contribution in [1.29, 1.82) is 0 Å². The molecular weight excluding hydrogens is 238 g/mol. The summed E-state index contributed by atoms with van der Waals surface area (Å²) in [5.74, 6) is 0.895. The van der Waals surface area contributed by atoms with Crippen LogP contribution in [0, 0.1) is 11.3 Å². The Hall–Kier alpha value is -1.55. The lowest BCUT2D eigenvalue weighted by atomic mass is 9.92. The number of oxime groups is 1. The van der Waals surface area contributed by atoms with Crippen LogP contribution in [0.5, 0.6) is 0 Å². The van der Waals surface area contributed by atoms with Gasteiger partial charge >= 0.3 is 0 Å². The molecule has 4 nitrogen and oxygen atoms in total. The third kappa shape index (κ3) is 3.26. The molecule has 1 aromatic carbocycles. The fraction of sp³-hybridized carbons (Fsp3) is 0.533. The van der Waals surface area contributed by atoms with Gasteiger partial charge in [0.1, 0.15) is 0 Å². The first kappa shape index (κ1) is 13.9. The van der Waals surface area contributed by atoms with Crippen molar-refractivity contribution < 1.29 is 5.21 Å². The fourth-order valence-corrected chi connectivity index (χ4v) is 2.47. The van der Waals surface area contributed by atoms with E-state index in [1.165, 1.54) is 12.8 Å². The molecule has 1 aliphatic rings. The summed E-state index contributed by atoms with van der Waals surface area (Å²) in [6.07, 6.45) is 2.67. The molecule has 1 fully saturated rings. The second-order valence-electron chi connectivity index (χ2n) is 5.81. The van der Waals surface area contributed by atoms with Crippen molar-refractivity contribution in [2.24, 2.45) is 22.2 Å². The molecule has 4 heteroatoms. The predicted molar refractivity (Wildman–Crippen MR) is 77.2 cm³/mol. The highest BCUT2D eigenvalue weighted by Crippen LogP contribution is 2.51. The van der Waals surface area contributed by atoms with Crippen molar-refractivity contribution >= 4 is 5.84 Å². The summed E-state index contributed by atoms with van der Waals surface area (Å²) in [5, 5.41) is 15.2. The number of benzene rings is 1. The molecule has 1 saturated carbocycles. The van der Waals surface area contributed by atoms with Gasteiger partial charge in [-0.15, -0.1) is 0 Å². The lowest BCUT2D eigenvalue weighted by molar-refractivity contribution is 0.318. The Morgan fingerprint density at radius 1 is 1.47 bits per heavy atom. The number of hydrogen-bond donors (Lipinski definition) is 3. The second-order valence-corrected chi connectivity index (χ2v) is 5.81. The van der Waals surface area contributed by atoms with Gasteiger partial charge in [-0.25, -0.2) is 0 Å². The van der Waals surface area contributed by atoms with Gasteiger partial charge in [-0.05, 0) is 35.8 Å². The van der Waals surface area contributed by atoms with Gasteiger partial charge in [-0.1, -0.05) is 37.2 Å². The van der Waals surface area contributed by atoms with Crippen molar-refractivity contribution in [2.75, 3.05) is 6.54 Å². The molecule has 2 rings (SSSR count). The Bertz CT molecular complexity index is 464. The lowest BCUT2D eigenvalue weighted by Crippen LogP contribution is -2.27. The molecule has 0 saturated heterocycles. The Morgan fingerprint density at radius 2 is 2.21 bits per heavy atom. The summed E-state index contributed by atoms with van der Waals surface area (Å²) in [5.41, 5.74) is 8.02. The number of rotatable bonds is 6. The molecule has 0 amide bonds. The van der Waals surface area contributed by atoms with Crippen LogP contribution in [0.3, 0.4) is 0 Å². The van der Waals surface area contributed by atoms with Gasteiger partial charge in [0.15, 0.2) is 5.84 Å². The summed E-state index contributed by atoms with van der Waals surface area (Å²) < 4.78 is 0. The zero-order chi connectivity index (χ0) is 13.9. The molecule has 0 aliphatic heterocycles. The first-order chi connectivity index (χ1) is 9.07. The maximum Gasteiger partial charge on any atom is 0.170 e. The van der Waals surface area contributed by atoms with Gasteiger partial charge in [-0.2, -0.15) is 0 Å². The van der Waals surface area contributed by atoms with E-state index in [0.29, 0.717) is 5.41 Å². The van der Waals surface area contributed by atoms with E-state index in [9.17, 15) is 0 Å². The maximum absolute atomic E-state index is 8.68. The average molecular weight is 261 g/mol. The Balaban J connectivity index is 1.90. The van der Waals surface area contributed by atoms with Crippen molar-refractivity contribution in [3.8, 4) is 0 Å². The van der Waals surface area contributed by atoms with Crippen LogP contribution in [0.15, 0.2) is 29.4 Å². The third-order valence-corrected chi connectivity index (χ3v) is 4.25. The van der Waals surface area contributed by atoms with Crippen LogP contribution in [0.2, 0.25) is 0 Å². The van der Waals surface area contributed by atoms with Crippen molar-refractivity contribution in [3.05, 3.63) is 35.4 Å². The number of hydrogen-bond acceptors (Lipinski definition) is 3. The Kier molecular flexibility index (Phi) is 4.10. The number of nitrogens with two attached hydrogens (primary N) is 1. The molecule has 1 aliphatic carbocycles. The van der Waals surface area contributed by atoms with Crippen LogP contribution >= 0.6 is 0 Å². The summed E-state index contributed by atoms with van der Waals surface area (Å²) in [6.45, 7) is 6.49. The van der Waals surface area contributed by atoms with Gasteiger partial charge in [0.05, 0.1) is 0 Å². The van der Waals surface area contributed by atoms with E-state index in [2.05, 4.69) is 30.4 Å². The molecule has 0 spiro atoms. The Labute approximate surface area is 114 Å². The third-order valence-electron chi connectivity index (χ3n) is 4.25. The first-order valence-corrected chi connectivity index (χ1v) is 6.85. The summed E-state index contributed by atoms with van der Waals surface area (Å²) >= 11 is 0. The predicted octanol–water partition coefficient (Wildman–Crippen LogP) is 2.31. The van der Waals surface area contributed by atoms with E-state index in [0.717, 1.165) is 30.1 Å². The van der Waals surface area contributed by atoms with Gasteiger partial charge in [0.2, 0.25) is 0 Å². The molecule has 1 aromatic rings. The summed E-state index contributed by atoms with van der Waals surface area (Å²) in [4.78, 5) is 0. The highest BCUT2D eigenvalue weighted by Gasteiger charge is 2.44. The van der Waals surface area contributed by atoms with Crippen molar-refractivity contribution in [3.63, 3.8) is 0 Å². The average Bonchev–Trinajstić information content (AvgIpc) is 3.19. The summed E-state index contributed by atoms with van der Waals surface area (Å²) in [6, 6.07) is 7.78.